The minimum absolute atomic E-state index is 1.23. The van der Waals surface area contributed by atoms with Gasteiger partial charge in [0, 0.05) is 19.3 Å². The summed E-state index contributed by atoms with van der Waals surface area (Å²) in [4.78, 5) is 4.20. The second-order valence-corrected chi connectivity index (χ2v) is 9.15. The molecular weight excluding hydrogens is 352 g/mol. The topological polar surface area (TPSA) is 0 Å². The van der Waals surface area contributed by atoms with Crippen LogP contribution in [0.5, 0.6) is 0 Å². The molecule has 0 saturated heterocycles. The van der Waals surface area contributed by atoms with Gasteiger partial charge < -0.3 is 0 Å². The summed E-state index contributed by atoms with van der Waals surface area (Å²) >= 11 is 3.81. The van der Waals surface area contributed by atoms with Crippen molar-refractivity contribution in [3.63, 3.8) is 0 Å². The molecule has 0 bridgehead atoms. The molecule has 0 aliphatic rings. The van der Waals surface area contributed by atoms with Crippen molar-refractivity contribution in [1.82, 2.24) is 0 Å². The van der Waals surface area contributed by atoms with E-state index in [1.54, 1.807) is 0 Å². The molecule has 2 heteroatoms. The summed E-state index contributed by atoms with van der Waals surface area (Å²) < 4.78 is 1.37. The zero-order valence-electron chi connectivity index (χ0n) is 15.2. The van der Waals surface area contributed by atoms with E-state index in [1.165, 1.54) is 67.6 Å². The normalized spacial score (nSPS) is 11.9. The van der Waals surface area contributed by atoms with E-state index in [1.807, 2.05) is 22.7 Å². The highest BCUT2D eigenvalue weighted by atomic mass is 32.1. The maximum Gasteiger partial charge on any atom is 0.0355 e. The maximum absolute atomic E-state index is 2.31. The average molecular weight is 377 g/mol. The number of fused-ring (bicyclic) bond motifs is 2. The van der Waals surface area contributed by atoms with Gasteiger partial charge in [-0.2, -0.15) is 0 Å². The SMILES string of the molecule is CCCCCCc1ccc(C=Cc2cc3cc4ccccc4cc3s2)s1. The number of rotatable bonds is 7. The third-order valence-corrected chi connectivity index (χ3v) is 6.95. The van der Waals surface area contributed by atoms with Crippen LogP contribution in [0.1, 0.15) is 47.2 Å². The Bertz CT molecular complexity index is 980. The fourth-order valence-electron chi connectivity index (χ4n) is 3.34. The van der Waals surface area contributed by atoms with E-state index < -0.39 is 0 Å². The lowest BCUT2D eigenvalue weighted by Crippen LogP contribution is -1.80. The maximum atomic E-state index is 2.31. The molecule has 4 rings (SSSR count). The molecule has 0 amide bonds. The number of unbranched alkanes of at least 4 members (excludes halogenated alkanes) is 3. The van der Waals surface area contributed by atoms with Gasteiger partial charge in [0.15, 0.2) is 0 Å². The Hall–Kier alpha value is -1.90. The Labute approximate surface area is 163 Å². The highest BCUT2D eigenvalue weighted by Crippen LogP contribution is 2.31. The van der Waals surface area contributed by atoms with E-state index in [2.05, 4.69) is 73.7 Å². The highest BCUT2D eigenvalue weighted by molar-refractivity contribution is 7.20. The van der Waals surface area contributed by atoms with Gasteiger partial charge in [-0.25, -0.2) is 0 Å². The monoisotopic (exact) mass is 376 g/mol. The van der Waals surface area contributed by atoms with Crippen molar-refractivity contribution in [3.8, 4) is 0 Å². The number of hydrogen-bond donors (Lipinski definition) is 0. The van der Waals surface area contributed by atoms with Crippen molar-refractivity contribution in [2.45, 2.75) is 39.0 Å². The molecule has 2 aromatic heterocycles. The van der Waals surface area contributed by atoms with E-state index in [9.17, 15) is 0 Å². The summed E-state index contributed by atoms with van der Waals surface area (Å²) in [6.07, 6.45) is 11.1. The molecule has 0 unspecified atom stereocenters. The summed E-state index contributed by atoms with van der Waals surface area (Å²) in [5, 5.41) is 3.98. The first kappa shape index (κ1) is 17.5. The molecule has 2 aromatic carbocycles. The van der Waals surface area contributed by atoms with Crippen LogP contribution in [0, 0.1) is 0 Å². The average Bonchev–Trinajstić information content (AvgIpc) is 3.27. The Balaban J connectivity index is 1.48. The van der Waals surface area contributed by atoms with Crippen LogP contribution in [0.3, 0.4) is 0 Å². The van der Waals surface area contributed by atoms with E-state index in [-0.39, 0.29) is 0 Å². The minimum atomic E-state index is 1.23. The smallest absolute Gasteiger partial charge is 0.0355 e. The zero-order chi connectivity index (χ0) is 17.8. The van der Waals surface area contributed by atoms with Crippen LogP contribution in [-0.2, 0) is 6.42 Å². The third kappa shape index (κ3) is 4.08. The van der Waals surface area contributed by atoms with Crippen LogP contribution in [0.4, 0.5) is 0 Å². The minimum Gasteiger partial charge on any atom is -0.141 e. The first-order valence-electron chi connectivity index (χ1n) is 9.51. The van der Waals surface area contributed by atoms with E-state index in [0.29, 0.717) is 0 Å². The second-order valence-electron chi connectivity index (χ2n) is 6.83. The van der Waals surface area contributed by atoms with Gasteiger partial charge in [0.25, 0.3) is 0 Å². The van der Waals surface area contributed by atoms with Gasteiger partial charge in [0.1, 0.15) is 0 Å². The van der Waals surface area contributed by atoms with Gasteiger partial charge >= 0.3 is 0 Å². The standard InChI is InChI=1S/C24H24S2/c1-2-3-4-5-10-21-11-12-22(25-21)13-14-23-16-20-15-18-8-6-7-9-19(18)17-24(20)26-23/h6-9,11-17H,2-5,10H2,1H3. The second kappa shape index (κ2) is 8.20. The lowest BCUT2D eigenvalue weighted by molar-refractivity contribution is 0.670. The van der Waals surface area contributed by atoms with Crippen molar-refractivity contribution in [2.24, 2.45) is 0 Å². The molecular formula is C24H24S2. The van der Waals surface area contributed by atoms with Gasteiger partial charge in [-0.15, -0.1) is 22.7 Å². The summed E-state index contributed by atoms with van der Waals surface area (Å²) in [6, 6.07) is 20.1. The molecule has 0 spiro atoms. The molecule has 132 valence electrons. The Morgan fingerprint density at radius 2 is 1.54 bits per heavy atom. The number of hydrogen-bond acceptors (Lipinski definition) is 2. The molecule has 4 aromatic rings. The molecule has 0 aliphatic carbocycles. The Morgan fingerprint density at radius 3 is 2.38 bits per heavy atom. The summed E-state index contributed by atoms with van der Waals surface area (Å²) in [6.45, 7) is 2.27. The third-order valence-electron chi connectivity index (χ3n) is 4.77. The molecule has 0 nitrogen and oxygen atoms in total. The van der Waals surface area contributed by atoms with Gasteiger partial charge in [0.05, 0.1) is 0 Å². The van der Waals surface area contributed by atoms with Gasteiger partial charge in [-0.1, -0.05) is 50.5 Å². The van der Waals surface area contributed by atoms with Crippen molar-refractivity contribution >= 4 is 55.7 Å². The molecule has 26 heavy (non-hydrogen) atoms. The van der Waals surface area contributed by atoms with Crippen molar-refractivity contribution in [3.05, 3.63) is 69.2 Å². The first-order valence-corrected chi connectivity index (χ1v) is 11.1. The fraction of sp³-hybridized carbons (Fsp3) is 0.250. The zero-order valence-corrected chi connectivity index (χ0v) is 16.8. The van der Waals surface area contributed by atoms with E-state index >= 15 is 0 Å². The van der Waals surface area contributed by atoms with Crippen LogP contribution >= 0.6 is 22.7 Å². The van der Waals surface area contributed by atoms with Crippen LogP contribution in [0.2, 0.25) is 0 Å². The summed E-state index contributed by atoms with van der Waals surface area (Å²) in [5.74, 6) is 0. The lowest BCUT2D eigenvalue weighted by Gasteiger charge is -1.96. The van der Waals surface area contributed by atoms with E-state index in [4.69, 9.17) is 0 Å². The summed E-state index contributed by atoms with van der Waals surface area (Å²) in [7, 11) is 0. The molecule has 0 N–H and O–H groups in total. The fourth-order valence-corrected chi connectivity index (χ4v) is 5.29. The first-order chi connectivity index (χ1) is 12.8. The Kier molecular flexibility index (Phi) is 5.52. The predicted molar refractivity (Wildman–Crippen MR) is 120 cm³/mol. The molecule has 2 heterocycles. The number of benzene rings is 2. The quantitative estimate of drug-likeness (QED) is 0.284. The summed E-state index contributed by atoms with van der Waals surface area (Å²) in [5.41, 5.74) is 0. The molecule has 0 saturated carbocycles. The Morgan fingerprint density at radius 1 is 0.731 bits per heavy atom. The van der Waals surface area contributed by atoms with E-state index in [0.717, 1.165) is 0 Å². The van der Waals surface area contributed by atoms with Crippen molar-refractivity contribution in [2.75, 3.05) is 0 Å². The van der Waals surface area contributed by atoms with Crippen LogP contribution in [0.25, 0.3) is 33.0 Å². The predicted octanol–water partition coefficient (Wildman–Crippen LogP) is 8.41. The highest BCUT2D eigenvalue weighted by Gasteiger charge is 2.03. The molecule has 0 radical (unpaired) electrons. The van der Waals surface area contributed by atoms with Crippen molar-refractivity contribution < 1.29 is 0 Å². The van der Waals surface area contributed by atoms with Gasteiger partial charge in [-0.3, -0.25) is 0 Å². The van der Waals surface area contributed by atoms with Gasteiger partial charge in [-0.05, 0) is 71.5 Å². The molecule has 0 atom stereocenters. The largest absolute Gasteiger partial charge is 0.141 e. The molecule has 0 fully saturated rings. The van der Waals surface area contributed by atoms with Gasteiger partial charge in [0.2, 0.25) is 0 Å². The lowest BCUT2D eigenvalue weighted by atomic mass is 10.1. The molecule has 0 aliphatic heterocycles. The number of aryl methyl sites for hydroxylation is 1. The van der Waals surface area contributed by atoms with Crippen LogP contribution in [0.15, 0.2) is 54.6 Å². The van der Waals surface area contributed by atoms with Crippen molar-refractivity contribution in [1.29, 1.82) is 0 Å². The van der Waals surface area contributed by atoms with Crippen LogP contribution < -0.4 is 0 Å². The number of thiophene rings is 2. The van der Waals surface area contributed by atoms with Crippen LogP contribution in [-0.4, -0.2) is 0 Å².